The van der Waals surface area contributed by atoms with Gasteiger partial charge in [0.1, 0.15) is 11.5 Å². The van der Waals surface area contributed by atoms with Gasteiger partial charge in [-0.15, -0.1) is 0 Å². The highest BCUT2D eigenvalue weighted by Gasteiger charge is 2.15. The Bertz CT molecular complexity index is 362. The van der Waals surface area contributed by atoms with E-state index in [2.05, 4.69) is 12.2 Å². The predicted octanol–water partition coefficient (Wildman–Crippen LogP) is 2.56. The average molecular weight is 253 g/mol. The summed E-state index contributed by atoms with van der Waals surface area (Å²) in [6.07, 6.45) is 2.08. The van der Waals surface area contributed by atoms with Gasteiger partial charge in [0.15, 0.2) is 0 Å². The van der Waals surface area contributed by atoms with Gasteiger partial charge >= 0.3 is 0 Å². The van der Waals surface area contributed by atoms with Gasteiger partial charge in [0.25, 0.3) is 0 Å². The third-order valence-corrected chi connectivity index (χ3v) is 2.97. The number of methoxy groups -OCH3 is 1. The molecular weight excluding hydrogens is 230 g/mol. The summed E-state index contributed by atoms with van der Waals surface area (Å²) in [6, 6.07) is 4.78. The number of phenolic OH excluding ortho intramolecular Hbond substituents is 2. The standard InChI is InChI=1S/C14H23NO3/c1-4-5-11(9-18-3)15-10(2)13-8-12(16)6-7-14(13)17/h6-8,10-11,15-17H,4-5,9H2,1-3H3. The van der Waals surface area contributed by atoms with Crippen LogP contribution in [0.3, 0.4) is 0 Å². The molecule has 0 aliphatic carbocycles. The molecule has 0 bridgehead atoms. The van der Waals surface area contributed by atoms with Crippen LogP contribution in [0.4, 0.5) is 0 Å². The molecule has 0 spiro atoms. The molecule has 0 aliphatic rings. The minimum absolute atomic E-state index is 0.0381. The van der Waals surface area contributed by atoms with Crippen molar-refractivity contribution in [2.75, 3.05) is 13.7 Å². The summed E-state index contributed by atoms with van der Waals surface area (Å²) in [6.45, 7) is 4.73. The van der Waals surface area contributed by atoms with E-state index in [0.717, 1.165) is 12.8 Å². The Morgan fingerprint density at radius 2 is 2.06 bits per heavy atom. The van der Waals surface area contributed by atoms with Crippen molar-refractivity contribution in [1.29, 1.82) is 0 Å². The molecule has 0 heterocycles. The smallest absolute Gasteiger partial charge is 0.120 e. The molecule has 2 atom stereocenters. The SMILES string of the molecule is CCCC(COC)NC(C)c1cc(O)ccc1O. The lowest BCUT2D eigenvalue weighted by Crippen LogP contribution is -2.35. The fourth-order valence-corrected chi connectivity index (χ4v) is 2.10. The van der Waals surface area contributed by atoms with Crippen molar-refractivity contribution in [3.8, 4) is 11.5 Å². The topological polar surface area (TPSA) is 61.7 Å². The van der Waals surface area contributed by atoms with E-state index in [-0.39, 0.29) is 23.6 Å². The normalized spacial score (nSPS) is 14.4. The largest absolute Gasteiger partial charge is 0.508 e. The number of hydrogen-bond donors (Lipinski definition) is 3. The summed E-state index contributed by atoms with van der Waals surface area (Å²) >= 11 is 0. The Morgan fingerprint density at radius 1 is 1.33 bits per heavy atom. The second-order valence-electron chi connectivity index (χ2n) is 4.57. The third kappa shape index (κ3) is 4.20. The zero-order chi connectivity index (χ0) is 13.5. The zero-order valence-electron chi connectivity index (χ0n) is 11.3. The van der Waals surface area contributed by atoms with Gasteiger partial charge in [0, 0.05) is 24.8 Å². The van der Waals surface area contributed by atoms with Gasteiger partial charge < -0.3 is 20.3 Å². The van der Waals surface area contributed by atoms with Crippen molar-refractivity contribution in [3.05, 3.63) is 23.8 Å². The van der Waals surface area contributed by atoms with Crippen molar-refractivity contribution in [1.82, 2.24) is 5.32 Å². The lowest BCUT2D eigenvalue weighted by atomic mass is 10.0. The number of ether oxygens (including phenoxy) is 1. The summed E-state index contributed by atoms with van der Waals surface area (Å²) in [4.78, 5) is 0. The highest BCUT2D eigenvalue weighted by Crippen LogP contribution is 2.28. The Kier molecular flexibility index (Phi) is 5.95. The molecule has 0 aliphatic heterocycles. The maximum Gasteiger partial charge on any atom is 0.120 e. The number of hydrogen-bond acceptors (Lipinski definition) is 4. The molecule has 18 heavy (non-hydrogen) atoms. The number of nitrogens with one attached hydrogen (secondary N) is 1. The van der Waals surface area contributed by atoms with Crippen LogP contribution in [0.25, 0.3) is 0 Å². The molecule has 0 saturated carbocycles. The van der Waals surface area contributed by atoms with Crippen LogP contribution < -0.4 is 5.32 Å². The quantitative estimate of drug-likeness (QED) is 0.654. The molecule has 0 amide bonds. The number of benzene rings is 1. The molecule has 1 rings (SSSR count). The summed E-state index contributed by atoms with van der Waals surface area (Å²) in [5.74, 6) is 0.357. The van der Waals surface area contributed by atoms with Crippen LogP contribution in [0.5, 0.6) is 11.5 Å². The Morgan fingerprint density at radius 3 is 2.67 bits per heavy atom. The number of phenols is 2. The molecule has 0 fully saturated rings. The molecule has 2 unspecified atom stereocenters. The van der Waals surface area contributed by atoms with Crippen molar-refractivity contribution in [3.63, 3.8) is 0 Å². The predicted molar refractivity (Wildman–Crippen MR) is 71.9 cm³/mol. The lowest BCUT2D eigenvalue weighted by molar-refractivity contribution is 0.157. The van der Waals surface area contributed by atoms with Gasteiger partial charge in [-0.1, -0.05) is 13.3 Å². The van der Waals surface area contributed by atoms with Gasteiger partial charge in [0.05, 0.1) is 6.61 Å². The van der Waals surface area contributed by atoms with Gasteiger partial charge in [-0.2, -0.15) is 0 Å². The Labute approximate surface area is 109 Å². The summed E-state index contributed by atoms with van der Waals surface area (Å²) in [7, 11) is 1.68. The molecule has 0 radical (unpaired) electrons. The molecule has 0 saturated heterocycles. The third-order valence-electron chi connectivity index (χ3n) is 2.97. The van der Waals surface area contributed by atoms with Crippen LogP contribution in [0.2, 0.25) is 0 Å². The second-order valence-corrected chi connectivity index (χ2v) is 4.57. The van der Waals surface area contributed by atoms with E-state index in [9.17, 15) is 10.2 Å². The molecule has 102 valence electrons. The van der Waals surface area contributed by atoms with E-state index in [0.29, 0.717) is 12.2 Å². The van der Waals surface area contributed by atoms with Gasteiger partial charge in [-0.3, -0.25) is 0 Å². The lowest BCUT2D eigenvalue weighted by Gasteiger charge is -2.23. The number of rotatable bonds is 7. The summed E-state index contributed by atoms with van der Waals surface area (Å²) in [5, 5.41) is 22.7. The van der Waals surface area contributed by atoms with Gasteiger partial charge in [-0.25, -0.2) is 0 Å². The van der Waals surface area contributed by atoms with Crippen LogP contribution in [-0.2, 0) is 4.74 Å². The number of aromatic hydroxyl groups is 2. The first-order valence-corrected chi connectivity index (χ1v) is 6.35. The van der Waals surface area contributed by atoms with Crippen LogP contribution in [0.15, 0.2) is 18.2 Å². The highest BCUT2D eigenvalue weighted by molar-refractivity contribution is 5.40. The Balaban J connectivity index is 2.73. The minimum Gasteiger partial charge on any atom is -0.508 e. The van der Waals surface area contributed by atoms with Crippen LogP contribution in [-0.4, -0.2) is 30.0 Å². The molecule has 4 nitrogen and oxygen atoms in total. The minimum atomic E-state index is -0.0381. The summed E-state index contributed by atoms with van der Waals surface area (Å²) in [5.41, 5.74) is 0.701. The van der Waals surface area contributed by atoms with E-state index in [1.54, 1.807) is 13.2 Å². The van der Waals surface area contributed by atoms with Gasteiger partial charge in [-0.05, 0) is 31.5 Å². The van der Waals surface area contributed by atoms with Crippen LogP contribution in [0.1, 0.15) is 38.3 Å². The first kappa shape index (κ1) is 14.8. The second kappa shape index (κ2) is 7.24. The molecule has 4 heteroatoms. The average Bonchev–Trinajstić information content (AvgIpc) is 2.33. The van der Waals surface area contributed by atoms with Gasteiger partial charge in [0.2, 0.25) is 0 Å². The van der Waals surface area contributed by atoms with Crippen molar-refractivity contribution >= 4 is 0 Å². The maximum atomic E-state index is 9.80. The van der Waals surface area contributed by atoms with Crippen LogP contribution in [0, 0.1) is 0 Å². The van der Waals surface area contributed by atoms with E-state index in [1.165, 1.54) is 12.1 Å². The summed E-state index contributed by atoms with van der Waals surface area (Å²) < 4.78 is 5.17. The molecule has 1 aromatic rings. The fraction of sp³-hybridized carbons (Fsp3) is 0.571. The van der Waals surface area contributed by atoms with Crippen molar-refractivity contribution in [2.24, 2.45) is 0 Å². The highest BCUT2D eigenvalue weighted by atomic mass is 16.5. The molecule has 1 aromatic carbocycles. The first-order chi connectivity index (χ1) is 8.58. The molecular formula is C14H23NO3. The first-order valence-electron chi connectivity index (χ1n) is 6.35. The fourth-order valence-electron chi connectivity index (χ4n) is 2.10. The van der Waals surface area contributed by atoms with Crippen molar-refractivity contribution < 1.29 is 14.9 Å². The Hall–Kier alpha value is -1.26. The molecule has 0 aromatic heterocycles. The van der Waals surface area contributed by atoms with E-state index < -0.39 is 0 Å². The van der Waals surface area contributed by atoms with Crippen molar-refractivity contribution in [2.45, 2.75) is 38.8 Å². The van der Waals surface area contributed by atoms with E-state index in [1.807, 2.05) is 6.92 Å². The zero-order valence-corrected chi connectivity index (χ0v) is 11.3. The molecule has 3 N–H and O–H groups in total. The maximum absolute atomic E-state index is 9.80. The monoisotopic (exact) mass is 253 g/mol. The van der Waals surface area contributed by atoms with Crippen LogP contribution >= 0.6 is 0 Å². The van der Waals surface area contributed by atoms with E-state index in [4.69, 9.17) is 4.74 Å². The van der Waals surface area contributed by atoms with E-state index >= 15 is 0 Å².